The van der Waals surface area contributed by atoms with E-state index in [1.807, 2.05) is 0 Å². The van der Waals surface area contributed by atoms with Crippen molar-refractivity contribution in [3.05, 3.63) is 35.4 Å². The van der Waals surface area contributed by atoms with Gasteiger partial charge in [-0.05, 0) is 31.4 Å². The number of ether oxygens (including phenoxy) is 8. The third-order valence-electron chi connectivity index (χ3n) is 5.87. The molecule has 2 aliphatic rings. The van der Waals surface area contributed by atoms with Crippen molar-refractivity contribution in [2.24, 2.45) is 0 Å². The van der Waals surface area contributed by atoms with Gasteiger partial charge in [0.05, 0.1) is 104 Å². The van der Waals surface area contributed by atoms with E-state index >= 15 is 0 Å². The fourth-order valence-electron chi connectivity index (χ4n) is 3.88. The fourth-order valence-corrected chi connectivity index (χ4v) is 3.88. The van der Waals surface area contributed by atoms with Gasteiger partial charge in [-0.3, -0.25) is 14.5 Å². The molecule has 2 aliphatic heterocycles. The van der Waals surface area contributed by atoms with Crippen LogP contribution in [0, 0.1) is 0 Å². The zero-order chi connectivity index (χ0) is 26.7. The zero-order valence-electron chi connectivity index (χ0n) is 22.1. The molecule has 1 saturated heterocycles. The number of hydrogen-bond acceptors (Lipinski definition) is 10. The molecule has 0 N–H and O–H groups in total. The maximum Gasteiger partial charge on any atom is 0.261 e. The highest BCUT2D eigenvalue weighted by Gasteiger charge is 2.34. The zero-order valence-corrected chi connectivity index (χ0v) is 22.1. The molecule has 11 nitrogen and oxygen atoms in total. The van der Waals surface area contributed by atoms with Crippen molar-refractivity contribution in [1.29, 1.82) is 0 Å². The van der Waals surface area contributed by atoms with Crippen molar-refractivity contribution in [3.8, 4) is 0 Å². The minimum atomic E-state index is -0.272. The van der Waals surface area contributed by atoms with E-state index in [0.717, 1.165) is 25.9 Å². The van der Waals surface area contributed by atoms with Crippen LogP contribution in [0.5, 0.6) is 0 Å². The second-order valence-corrected chi connectivity index (χ2v) is 8.65. The van der Waals surface area contributed by atoms with Crippen LogP contribution in [0.2, 0.25) is 0 Å². The van der Waals surface area contributed by atoms with E-state index in [1.54, 1.807) is 24.3 Å². The number of carbonyl (C=O) groups excluding carboxylic acids is 2. The van der Waals surface area contributed by atoms with Gasteiger partial charge in [-0.25, -0.2) is 0 Å². The summed E-state index contributed by atoms with van der Waals surface area (Å²) >= 11 is 0. The lowest BCUT2D eigenvalue weighted by Crippen LogP contribution is -2.33. The highest BCUT2D eigenvalue weighted by Crippen LogP contribution is 2.21. The molecule has 38 heavy (non-hydrogen) atoms. The molecule has 1 aromatic rings. The first-order chi connectivity index (χ1) is 18.8. The average molecular weight is 540 g/mol. The SMILES string of the molecule is O=C1c2ccccc2C(=O)N1CCOCCOCCOCCOCCOCCOCCOC1CCCCO1. The van der Waals surface area contributed by atoms with Crippen LogP contribution in [0.15, 0.2) is 24.3 Å². The Morgan fingerprint density at radius 1 is 0.632 bits per heavy atom. The van der Waals surface area contributed by atoms with Crippen LogP contribution in [0.25, 0.3) is 0 Å². The molecule has 1 atom stereocenters. The fraction of sp³-hybridized carbons (Fsp3) is 0.704. The van der Waals surface area contributed by atoms with Gasteiger partial charge >= 0.3 is 0 Å². The first-order valence-corrected chi connectivity index (χ1v) is 13.4. The molecule has 1 fully saturated rings. The standard InChI is InChI=1S/C27H41NO10/c29-26-23-5-1-2-6-24(23)27(30)28(26)8-10-31-11-12-32-13-14-33-15-16-34-17-18-35-19-20-36-21-22-38-25-7-3-4-9-37-25/h1-2,5-6,25H,3-4,7-22H2. The number of hydrogen-bond donors (Lipinski definition) is 0. The average Bonchev–Trinajstić information content (AvgIpc) is 3.19. The van der Waals surface area contributed by atoms with Crippen molar-refractivity contribution in [1.82, 2.24) is 4.90 Å². The highest BCUT2D eigenvalue weighted by atomic mass is 16.7. The van der Waals surface area contributed by atoms with E-state index in [1.165, 1.54) is 4.90 Å². The summed E-state index contributed by atoms with van der Waals surface area (Å²) in [6.07, 6.45) is 3.17. The van der Waals surface area contributed by atoms with Crippen LogP contribution >= 0.6 is 0 Å². The molecule has 2 amide bonds. The van der Waals surface area contributed by atoms with Gasteiger partial charge in [0.15, 0.2) is 6.29 Å². The van der Waals surface area contributed by atoms with E-state index < -0.39 is 0 Å². The van der Waals surface area contributed by atoms with Crippen molar-refractivity contribution < 1.29 is 47.5 Å². The van der Waals surface area contributed by atoms with Crippen molar-refractivity contribution >= 4 is 11.8 Å². The van der Waals surface area contributed by atoms with E-state index in [9.17, 15) is 9.59 Å². The second-order valence-electron chi connectivity index (χ2n) is 8.65. The third-order valence-corrected chi connectivity index (χ3v) is 5.87. The molecule has 11 heteroatoms. The largest absolute Gasteiger partial charge is 0.377 e. The molecule has 0 spiro atoms. The van der Waals surface area contributed by atoms with E-state index in [0.29, 0.717) is 90.4 Å². The minimum Gasteiger partial charge on any atom is -0.377 e. The third kappa shape index (κ3) is 11.4. The Hall–Kier alpha value is -1.96. The predicted molar refractivity (Wildman–Crippen MR) is 136 cm³/mol. The van der Waals surface area contributed by atoms with Crippen LogP contribution in [-0.2, 0) is 37.9 Å². The number of benzene rings is 1. The highest BCUT2D eigenvalue weighted by molar-refractivity contribution is 6.21. The smallest absolute Gasteiger partial charge is 0.261 e. The molecule has 0 aromatic heterocycles. The molecule has 0 saturated carbocycles. The lowest BCUT2D eigenvalue weighted by molar-refractivity contribution is -0.169. The minimum absolute atomic E-state index is 0.0729. The Kier molecular flexibility index (Phi) is 15.4. The molecule has 3 rings (SSSR count). The summed E-state index contributed by atoms with van der Waals surface area (Å²) in [4.78, 5) is 25.7. The first kappa shape index (κ1) is 30.6. The number of carbonyl (C=O) groups is 2. The van der Waals surface area contributed by atoms with E-state index in [4.69, 9.17) is 37.9 Å². The lowest BCUT2D eigenvalue weighted by Gasteiger charge is -2.22. The summed E-state index contributed by atoms with van der Waals surface area (Å²) in [5.74, 6) is -0.543. The van der Waals surface area contributed by atoms with Crippen molar-refractivity contribution in [3.63, 3.8) is 0 Å². The van der Waals surface area contributed by atoms with Crippen molar-refractivity contribution in [2.45, 2.75) is 25.6 Å². The molecule has 2 heterocycles. The van der Waals surface area contributed by atoms with Gasteiger partial charge < -0.3 is 37.9 Å². The van der Waals surface area contributed by atoms with Crippen LogP contribution in [0.3, 0.4) is 0 Å². The summed E-state index contributed by atoms with van der Waals surface area (Å²) in [6.45, 7) is 7.05. The van der Waals surface area contributed by atoms with Crippen molar-refractivity contribution in [2.75, 3.05) is 99.0 Å². The lowest BCUT2D eigenvalue weighted by atomic mass is 10.1. The predicted octanol–water partition coefficient (Wildman–Crippen LogP) is 1.93. The van der Waals surface area contributed by atoms with Crippen LogP contribution in [0.4, 0.5) is 0 Å². The summed E-state index contributed by atoms with van der Waals surface area (Å²) in [6, 6.07) is 6.83. The second kappa shape index (κ2) is 19.2. The summed E-state index contributed by atoms with van der Waals surface area (Å²) in [5.41, 5.74) is 0.895. The molecule has 214 valence electrons. The van der Waals surface area contributed by atoms with Crippen LogP contribution in [-0.4, -0.2) is 122 Å². The molecule has 0 radical (unpaired) electrons. The number of nitrogens with zero attached hydrogens (tertiary/aromatic N) is 1. The Balaban J connectivity index is 0.990. The molecular formula is C27H41NO10. The van der Waals surface area contributed by atoms with E-state index in [2.05, 4.69) is 0 Å². The number of rotatable bonds is 22. The Morgan fingerprint density at radius 3 is 1.53 bits per heavy atom. The van der Waals surface area contributed by atoms with Gasteiger partial charge in [-0.15, -0.1) is 0 Å². The van der Waals surface area contributed by atoms with Gasteiger partial charge in [-0.2, -0.15) is 0 Å². The monoisotopic (exact) mass is 539 g/mol. The summed E-state index contributed by atoms with van der Waals surface area (Å²) in [5, 5.41) is 0. The number of imide groups is 1. The Labute approximate surface area is 224 Å². The molecule has 0 aliphatic carbocycles. The molecule has 0 bridgehead atoms. The van der Waals surface area contributed by atoms with E-state index in [-0.39, 0.29) is 31.3 Å². The molecular weight excluding hydrogens is 498 g/mol. The summed E-state index contributed by atoms with van der Waals surface area (Å²) in [7, 11) is 0. The Bertz CT molecular complexity index is 767. The Morgan fingerprint density at radius 2 is 1.08 bits per heavy atom. The first-order valence-electron chi connectivity index (χ1n) is 13.4. The van der Waals surface area contributed by atoms with Gasteiger partial charge in [0.2, 0.25) is 0 Å². The number of amides is 2. The quantitative estimate of drug-likeness (QED) is 0.160. The van der Waals surface area contributed by atoms with Crippen LogP contribution in [0.1, 0.15) is 40.0 Å². The maximum absolute atomic E-state index is 12.3. The molecule has 1 unspecified atom stereocenters. The van der Waals surface area contributed by atoms with Crippen LogP contribution < -0.4 is 0 Å². The summed E-state index contributed by atoms with van der Waals surface area (Å²) < 4.78 is 43.9. The normalized spacial score (nSPS) is 17.4. The van der Waals surface area contributed by atoms with Gasteiger partial charge in [0.25, 0.3) is 11.8 Å². The maximum atomic E-state index is 12.3. The van der Waals surface area contributed by atoms with Gasteiger partial charge in [-0.1, -0.05) is 12.1 Å². The topological polar surface area (TPSA) is 111 Å². The van der Waals surface area contributed by atoms with Gasteiger partial charge in [0.1, 0.15) is 0 Å². The van der Waals surface area contributed by atoms with Gasteiger partial charge in [0, 0.05) is 6.61 Å². The number of fused-ring (bicyclic) bond motifs is 1. The molecule has 1 aromatic carbocycles.